The predicted octanol–water partition coefficient (Wildman–Crippen LogP) is 2.79. The SMILES string of the molecule is O=C(O)COc1cccc(NC(=O)CC2OCCc3ccccc32)c1. The Morgan fingerprint density at radius 2 is 2.04 bits per heavy atom. The van der Waals surface area contributed by atoms with E-state index in [2.05, 4.69) is 11.4 Å². The highest BCUT2D eigenvalue weighted by Crippen LogP contribution is 2.30. The summed E-state index contributed by atoms with van der Waals surface area (Å²) in [4.78, 5) is 22.9. The molecule has 0 bridgehead atoms. The van der Waals surface area contributed by atoms with Crippen LogP contribution in [-0.2, 0) is 20.7 Å². The van der Waals surface area contributed by atoms with Crippen molar-refractivity contribution in [3.63, 3.8) is 0 Å². The van der Waals surface area contributed by atoms with Crippen molar-refractivity contribution >= 4 is 17.6 Å². The Kier molecular flexibility index (Phi) is 5.30. The number of rotatable bonds is 6. The first kappa shape index (κ1) is 17.0. The topological polar surface area (TPSA) is 84.9 Å². The van der Waals surface area contributed by atoms with Gasteiger partial charge in [0.05, 0.1) is 19.1 Å². The molecular formula is C19H19NO5. The summed E-state index contributed by atoms with van der Waals surface area (Å²) in [6.07, 6.45) is 0.825. The number of carbonyl (C=O) groups is 2. The Morgan fingerprint density at radius 3 is 2.88 bits per heavy atom. The fraction of sp³-hybridized carbons (Fsp3) is 0.263. The minimum absolute atomic E-state index is 0.169. The van der Waals surface area contributed by atoms with Crippen molar-refractivity contribution in [2.75, 3.05) is 18.5 Å². The van der Waals surface area contributed by atoms with Crippen molar-refractivity contribution in [1.82, 2.24) is 0 Å². The lowest BCUT2D eigenvalue weighted by Gasteiger charge is -2.25. The molecule has 0 radical (unpaired) electrons. The maximum Gasteiger partial charge on any atom is 0.341 e. The lowest BCUT2D eigenvalue weighted by molar-refractivity contribution is -0.139. The molecule has 0 spiro atoms. The van der Waals surface area contributed by atoms with E-state index in [4.69, 9.17) is 14.6 Å². The van der Waals surface area contributed by atoms with Gasteiger partial charge in [-0.2, -0.15) is 0 Å². The number of ether oxygens (including phenoxy) is 2. The molecule has 6 nitrogen and oxygen atoms in total. The lowest BCUT2D eigenvalue weighted by atomic mass is 9.95. The third-order valence-corrected chi connectivity index (χ3v) is 3.94. The Labute approximate surface area is 145 Å². The van der Waals surface area contributed by atoms with Crippen LogP contribution >= 0.6 is 0 Å². The molecular weight excluding hydrogens is 322 g/mol. The van der Waals surface area contributed by atoms with E-state index in [1.165, 1.54) is 5.56 Å². The van der Waals surface area contributed by atoms with E-state index < -0.39 is 12.6 Å². The van der Waals surface area contributed by atoms with Gasteiger partial charge in [-0.1, -0.05) is 30.3 Å². The normalized spacial score (nSPS) is 15.9. The highest BCUT2D eigenvalue weighted by Gasteiger charge is 2.23. The molecule has 1 heterocycles. The predicted molar refractivity (Wildman–Crippen MR) is 91.7 cm³/mol. The summed E-state index contributed by atoms with van der Waals surface area (Å²) in [5, 5.41) is 11.4. The smallest absolute Gasteiger partial charge is 0.341 e. The third kappa shape index (κ3) is 4.58. The summed E-state index contributed by atoms with van der Waals surface area (Å²) in [7, 11) is 0. The van der Waals surface area contributed by atoms with Crippen LogP contribution < -0.4 is 10.1 Å². The molecule has 2 N–H and O–H groups in total. The van der Waals surface area contributed by atoms with Gasteiger partial charge in [0.25, 0.3) is 0 Å². The minimum Gasteiger partial charge on any atom is -0.482 e. The Bertz CT molecular complexity index is 774. The Morgan fingerprint density at radius 1 is 1.20 bits per heavy atom. The zero-order valence-electron chi connectivity index (χ0n) is 13.6. The van der Waals surface area contributed by atoms with E-state index in [0.29, 0.717) is 18.0 Å². The molecule has 25 heavy (non-hydrogen) atoms. The summed E-state index contributed by atoms with van der Waals surface area (Å²) in [5.41, 5.74) is 2.83. The summed E-state index contributed by atoms with van der Waals surface area (Å²) in [6, 6.07) is 14.6. The number of amides is 1. The molecule has 1 atom stereocenters. The molecule has 1 amide bonds. The van der Waals surface area contributed by atoms with E-state index in [1.54, 1.807) is 24.3 Å². The van der Waals surface area contributed by atoms with Gasteiger partial charge in [0.15, 0.2) is 6.61 Å². The molecule has 1 aliphatic heterocycles. The number of anilines is 1. The van der Waals surface area contributed by atoms with Gasteiger partial charge in [-0.3, -0.25) is 4.79 Å². The molecule has 2 aromatic rings. The molecule has 0 saturated carbocycles. The highest BCUT2D eigenvalue weighted by molar-refractivity contribution is 5.91. The number of hydrogen-bond donors (Lipinski definition) is 2. The van der Waals surface area contributed by atoms with Crippen LogP contribution in [0.2, 0.25) is 0 Å². The fourth-order valence-electron chi connectivity index (χ4n) is 2.83. The van der Waals surface area contributed by atoms with E-state index in [9.17, 15) is 9.59 Å². The first-order valence-electron chi connectivity index (χ1n) is 8.06. The van der Waals surface area contributed by atoms with Crippen molar-refractivity contribution < 1.29 is 24.2 Å². The molecule has 6 heteroatoms. The largest absolute Gasteiger partial charge is 0.482 e. The molecule has 130 valence electrons. The van der Waals surface area contributed by atoms with E-state index >= 15 is 0 Å². The monoisotopic (exact) mass is 341 g/mol. The zero-order valence-corrected chi connectivity index (χ0v) is 13.6. The second-order valence-electron chi connectivity index (χ2n) is 5.77. The molecule has 0 saturated heterocycles. The van der Waals surface area contributed by atoms with Gasteiger partial charge in [0.1, 0.15) is 5.75 Å². The maximum atomic E-state index is 12.3. The number of carbonyl (C=O) groups excluding carboxylic acids is 1. The summed E-state index contributed by atoms with van der Waals surface area (Å²) in [5.74, 6) is -0.834. The number of aliphatic carboxylic acids is 1. The van der Waals surface area contributed by atoms with Gasteiger partial charge < -0.3 is 19.9 Å². The average Bonchev–Trinajstić information content (AvgIpc) is 2.60. The number of carboxylic acid groups (broad SMARTS) is 1. The average molecular weight is 341 g/mol. The van der Waals surface area contributed by atoms with Gasteiger partial charge in [-0.25, -0.2) is 4.79 Å². The summed E-state index contributed by atoms with van der Waals surface area (Å²) in [6.45, 7) is 0.178. The Hall–Kier alpha value is -2.86. The lowest BCUT2D eigenvalue weighted by Crippen LogP contribution is -2.22. The molecule has 3 rings (SSSR count). The summed E-state index contributed by atoms with van der Waals surface area (Å²) < 4.78 is 10.9. The van der Waals surface area contributed by atoms with Crippen LogP contribution in [0.15, 0.2) is 48.5 Å². The third-order valence-electron chi connectivity index (χ3n) is 3.94. The Balaban J connectivity index is 1.62. The second-order valence-corrected chi connectivity index (χ2v) is 5.77. The number of fused-ring (bicyclic) bond motifs is 1. The molecule has 0 aromatic heterocycles. The van der Waals surface area contributed by atoms with Crippen LogP contribution in [0.1, 0.15) is 23.7 Å². The van der Waals surface area contributed by atoms with Crippen LogP contribution in [0.5, 0.6) is 5.75 Å². The first-order chi connectivity index (χ1) is 12.1. The van der Waals surface area contributed by atoms with Crippen LogP contribution in [-0.4, -0.2) is 30.2 Å². The van der Waals surface area contributed by atoms with Gasteiger partial charge in [0, 0.05) is 11.8 Å². The van der Waals surface area contributed by atoms with E-state index in [1.807, 2.05) is 18.2 Å². The van der Waals surface area contributed by atoms with E-state index in [0.717, 1.165) is 12.0 Å². The first-order valence-corrected chi connectivity index (χ1v) is 8.06. The van der Waals surface area contributed by atoms with E-state index in [-0.39, 0.29) is 18.4 Å². The van der Waals surface area contributed by atoms with Crippen LogP contribution in [0, 0.1) is 0 Å². The van der Waals surface area contributed by atoms with Crippen molar-refractivity contribution in [3.05, 3.63) is 59.7 Å². The standard InChI is InChI=1S/C19H19NO5/c21-18(11-17-16-7-2-1-4-13(16)8-9-24-17)20-14-5-3-6-15(10-14)25-12-19(22)23/h1-7,10,17H,8-9,11-12H2,(H,20,21)(H,22,23). The molecule has 1 unspecified atom stereocenters. The fourth-order valence-corrected chi connectivity index (χ4v) is 2.83. The molecule has 0 aliphatic carbocycles. The summed E-state index contributed by atoms with van der Waals surface area (Å²) >= 11 is 0. The molecule has 0 fully saturated rings. The number of nitrogens with one attached hydrogen (secondary N) is 1. The van der Waals surface area contributed by atoms with Crippen molar-refractivity contribution in [1.29, 1.82) is 0 Å². The number of carboxylic acids is 1. The van der Waals surface area contributed by atoms with Crippen LogP contribution in [0.4, 0.5) is 5.69 Å². The molecule has 1 aliphatic rings. The van der Waals surface area contributed by atoms with Crippen LogP contribution in [0.25, 0.3) is 0 Å². The van der Waals surface area contributed by atoms with Gasteiger partial charge in [-0.05, 0) is 29.7 Å². The quantitative estimate of drug-likeness (QED) is 0.844. The van der Waals surface area contributed by atoms with Crippen molar-refractivity contribution in [2.45, 2.75) is 18.9 Å². The van der Waals surface area contributed by atoms with Crippen molar-refractivity contribution in [2.24, 2.45) is 0 Å². The number of hydrogen-bond acceptors (Lipinski definition) is 4. The second kappa shape index (κ2) is 7.81. The van der Waals surface area contributed by atoms with Gasteiger partial charge >= 0.3 is 5.97 Å². The maximum absolute atomic E-state index is 12.3. The molecule has 2 aromatic carbocycles. The van der Waals surface area contributed by atoms with Gasteiger partial charge in [-0.15, -0.1) is 0 Å². The number of benzene rings is 2. The highest BCUT2D eigenvalue weighted by atomic mass is 16.5. The van der Waals surface area contributed by atoms with Crippen LogP contribution in [0.3, 0.4) is 0 Å². The van der Waals surface area contributed by atoms with Gasteiger partial charge in [0.2, 0.25) is 5.91 Å². The van der Waals surface area contributed by atoms with Crippen molar-refractivity contribution in [3.8, 4) is 5.75 Å². The minimum atomic E-state index is -1.05. The zero-order chi connectivity index (χ0) is 17.6.